The number of carbonyl (C=O) groups excluding carboxylic acids is 2. The Hall–Kier alpha value is -2.04. The van der Waals surface area contributed by atoms with Gasteiger partial charge in [-0.2, -0.15) is 0 Å². The van der Waals surface area contributed by atoms with E-state index in [-0.39, 0.29) is 17.6 Å². The van der Waals surface area contributed by atoms with Crippen LogP contribution in [-0.2, 0) is 4.79 Å². The molecule has 0 fully saturated rings. The van der Waals surface area contributed by atoms with E-state index in [1.54, 1.807) is 18.2 Å². The fourth-order valence-electron chi connectivity index (χ4n) is 1.44. The molecule has 0 saturated heterocycles. The second-order valence-corrected chi connectivity index (χ2v) is 4.21. The summed E-state index contributed by atoms with van der Waals surface area (Å²) in [6.45, 7) is 7.62. The van der Waals surface area contributed by atoms with Crippen molar-refractivity contribution in [1.29, 1.82) is 0 Å². The van der Waals surface area contributed by atoms with Gasteiger partial charge in [0.05, 0.1) is 6.26 Å². The van der Waals surface area contributed by atoms with E-state index in [0.29, 0.717) is 6.54 Å². The quantitative estimate of drug-likeness (QED) is 0.748. The Bertz CT molecular complexity index is 410. The van der Waals surface area contributed by atoms with Gasteiger partial charge in [0.25, 0.3) is 5.91 Å². The molecule has 0 bridgehead atoms. The molecule has 0 aliphatic carbocycles. The lowest BCUT2D eigenvalue weighted by molar-refractivity contribution is -0.123. The Morgan fingerprint density at radius 3 is 2.72 bits per heavy atom. The Kier molecular flexibility index (Phi) is 5.17. The summed E-state index contributed by atoms with van der Waals surface area (Å²) in [6.07, 6.45) is 3.00. The number of amides is 2. The zero-order valence-electron chi connectivity index (χ0n) is 10.6. The fraction of sp³-hybridized carbons (Fsp3) is 0.385. The van der Waals surface area contributed by atoms with Gasteiger partial charge in [-0.3, -0.25) is 9.59 Å². The molecule has 1 aromatic heterocycles. The van der Waals surface area contributed by atoms with E-state index in [1.807, 2.05) is 13.8 Å². The molecule has 5 nitrogen and oxygen atoms in total. The second kappa shape index (κ2) is 6.64. The van der Waals surface area contributed by atoms with Crippen molar-refractivity contribution in [2.75, 3.05) is 6.54 Å². The van der Waals surface area contributed by atoms with Crippen molar-refractivity contribution in [1.82, 2.24) is 10.6 Å². The first kappa shape index (κ1) is 14.0. The molecule has 1 atom stereocenters. The average Bonchev–Trinajstić information content (AvgIpc) is 2.86. The van der Waals surface area contributed by atoms with Crippen LogP contribution in [0.2, 0.25) is 0 Å². The van der Waals surface area contributed by atoms with Gasteiger partial charge in [0, 0.05) is 6.54 Å². The number of rotatable bonds is 6. The minimum atomic E-state index is -0.595. The van der Waals surface area contributed by atoms with Crippen LogP contribution in [0, 0.1) is 5.92 Å². The molecule has 0 aliphatic rings. The Morgan fingerprint density at radius 2 is 2.22 bits per heavy atom. The van der Waals surface area contributed by atoms with Crippen LogP contribution in [-0.4, -0.2) is 24.4 Å². The molecule has 1 aromatic rings. The molecular formula is C13H18N2O3. The third-order valence-electron chi connectivity index (χ3n) is 2.40. The zero-order valence-corrected chi connectivity index (χ0v) is 10.6. The highest BCUT2D eigenvalue weighted by molar-refractivity contribution is 5.95. The first-order chi connectivity index (χ1) is 8.56. The smallest absolute Gasteiger partial charge is 0.287 e. The zero-order chi connectivity index (χ0) is 13.5. The summed E-state index contributed by atoms with van der Waals surface area (Å²) < 4.78 is 4.98. The van der Waals surface area contributed by atoms with E-state index in [1.165, 1.54) is 6.26 Å². The van der Waals surface area contributed by atoms with Gasteiger partial charge in [0.15, 0.2) is 5.76 Å². The predicted octanol–water partition coefficient (Wildman–Crippen LogP) is 1.34. The van der Waals surface area contributed by atoms with Crippen LogP contribution in [0.5, 0.6) is 0 Å². The predicted molar refractivity (Wildman–Crippen MR) is 68.0 cm³/mol. The molecule has 98 valence electrons. The lowest BCUT2D eigenvalue weighted by atomic mass is 10.0. The normalized spacial score (nSPS) is 11.9. The molecule has 18 heavy (non-hydrogen) atoms. The molecule has 0 aliphatic heterocycles. The summed E-state index contributed by atoms with van der Waals surface area (Å²) in [6, 6.07) is 2.58. The summed E-state index contributed by atoms with van der Waals surface area (Å²) in [5, 5.41) is 5.31. The SMILES string of the molecule is C=CCNC(=O)C(NC(=O)c1ccco1)C(C)C. The Balaban J connectivity index is 2.66. The summed E-state index contributed by atoms with van der Waals surface area (Å²) >= 11 is 0. The van der Waals surface area contributed by atoms with Crippen molar-refractivity contribution in [2.24, 2.45) is 5.92 Å². The Labute approximate surface area is 106 Å². The van der Waals surface area contributed by atoms with Crippen LogP contribution < -0.4 is 10.6 Å². The topological polar surface area (TPSA) is 71.3 Å². The number of hydrogen-bond donors (Lipinski definition) is 2. The van der Waals surface area contributed by atoms with Gasteiger partial charge in [-0.25, -0.2) is 0 Å². The van der Waals surface area contributed by atoms with Crippen molar-refractivity contribution >= 4 is 11.8 Å². The molecule has 1 rings (SSSR count). The van der Waals surface area contributed by atoms with Gasteiger partial charge >= 0.3 is 0 Å². The molecule has 0 radical (unpaired) electrons. The molecule has 5 heteroatoms. The third kappa shape index (κ3) is 3.76. The highest BCUT2D eigenvalue weighted by Gasteiger charge is 2.24. The number of furan rings is 1. The highest BCUT2D eigenvalue weighted by atomic mass is 16.3. The van der Waals surface area contributed by atoms with Crippen LogP contribution in [0.3, 0.4) is 0 Å². The van der Waals surface area contributed by atoms with Crippen molar-refractivity contribution in [2.45, 2.75) is 19.9 Å². The van der Waals surface area contributed by atoms with Gasteiger partial charge in [0.2, 0.25) is 5.91 Å². The summed E-state index contributed by atoms with van der Waals surface area (Å²) in [5.41, 5.74) is 0. The van der Waals surface area contributed by atoms with Crippen LogP contribution in [0.1, 0.15) is 24.4 Å². The Morgan fingerprint density at radius 1 is 1.50 bits per heavy atom. The lowest BCUT2D eigenvalue weighted by Gasteiger charge is -2.20. The maximum Gasteiger partial charge on any atom is 0.287 e. The van der Waals surface area contributed by atoms with Crippen LogP contribution in [0.4, 0.5) is 0 Å². The number of hydrogen-bond acceptors (Lipinski definition) is 3. The minimum Gasteiger partial charge on any atom is -0.459 e. The fourth-order valence-corrected chi connectivity index (χ4v) is 1.44. The first-order valence-electron chi connectivity index (χ1n) is 5.79. The number of carbonyl (C=O) groups is 2. The van der Waals surface area contributed by atoms with E-state index in [0.717, 1.165) is 0 Å². The summed E-state index contributed by atoms with van der Waals surface area (Å²) in [5.74, 6) is -0.455. The van der Waals surface area contributed by atoms with Gasteiger partial charge < -0.3 is 15.1 Å². The van der Waals surface area contributed by atoms with Gasteiger partial charge in [-0.15, -0.1) is 6.58 Å². The van der Waals surface area contributed by atoms with Crippen molar-refractivity contribution in [3.05, 3.63) is 36.8 Å². The molecule has 2 N–H and O–H groups in total. The van der Waals surface area contributed by atoms with Crippen molar-refractivity contribution in [3.63, 3.8) is 0 Å². The van der Waals surface area contributed by atoms with E-state index < -0.39 is 11.9 Å². The maximum absolute atomic E-state index is 11.8. The van der Waals surface area contributed by atoms with Crippen LogP contribution in [0.15, 0.2) is 35.5 Å². The van der Waals surface area contributed by atoms with E-state index in [2.05, 4.69) is 17.2 Å². The minimum absolute atomic E-state index is 0.0197. The molecule has 1 unspecified atom stereocenters. The number of nitrogens with one attached hydrogen (secondary N) is 2. The highest BCUT2D eigenvalue weighted by Crippen LogP contribution is 2.05. The monoisotopic (exact) mass is 250 g/mol. The lowest BCUT2D eigenvalue weighted by Crippen LogP contribution is -2.49. The van der Waals surface area contributed by atoms with Gasteiger partial charge in [-0.1, -0.05) is 19.9 Å². The molecule has 1 heterocycles. The first-order valence-corrected chi connectivity index (χ1v) is 5.79. The van der Waals surface area contributed by atoms with Crippen molar-refractivity contribution < 1.29 is 14.0 Å². The van der Waals surface area contributed by atoms with Crippen LogP contribution >= 0.6 is 0 Å². The third-order valence-corrected chi connectivity index (χ3v) is 2.40. The summed E-state index contributed by atoms with van der Waals surface area (Å²) in [4.78, 5) is 23.6. The van der Waals surface area contributed by atoms with Crippen LogP contribution in [0.25, 0.3) is 0 Å². The largest absolute Gasteiger partial charge is 0.459 e. The molecule has 0 spiro atoms. The standard InChI is InChI=1S/C13H18N2O3/c1-4-7-14-13(17)11(9(2)3)15-12(16)10-6-5-8-18-10/h4-6,8-9,11H,1,7H2,2-3H3,(H,14,17)(H,15,16). The molecule has 0 saturated carbocycles. The molecule has 2 amide bonds. The summed E-state index contributed by atoms with van der Waals surface area (Å²) in [7, 11) is 0. The van der Waals surface area contributed by atoms with Crippen molar-refractivity contribution in [3.8, 4) is 0 Å². The second-order valence-electron chi connectivity index (χ2n) is 4.21. The average molecular weight is 250 g/mol. The van der Waals surface area contributed by atoms with E-state index >= 15 is 0 Å². The van der Waals surface area contributed by atoms with E-state index in [4.69, 9.17) is 4.42 Å². The van der Waals surface area contributed by atoms with Gasteiger partial charge in [-0.05, 0) is 18.1 Å². The van der Waals surface area contributed by atoms with E-state index in [9.17, 15) is 9.59 Å². The molecule has 0 aromatic carbocycles. The van der Waals surface area contributed by atoms with Gasteiger partial charge in [0.1, 0.15) is 6.04 Å². The maximum atomic E-state index is 11.8. The molecular weight excluding hydrogens is 232 g/mol.